The highest BCUT2D eigenvalue weighted by molar-refractivity contribution is 5.87. The summed E-state index contributed by atoms with van der Waals surface area (Å²) >= 11 is 0. The predicted octanol–water partition coefficient (Wildman–Crippen LogP) is 5.88. The minimum absolute atomic E-state index is 0.00173. The number of benzene rings is 2. The molecule has 1 saturated heterocycles. The third-order valence-electron chi connectivity index (χ3n) is 5.77. The van der Waals surface area contributed by atoms with Crippen LogP contribution in [0.4, 0.5) is 18.0 Å². The van der Waals surface area contributed by atoms with Crippen LogP contribution in [0.5, 0.6) is 23.1 Å². The van der Waals surface area contributed by atoms with Gasteiger partial charge in [-0.25, -0.2) is 14.6 Å². The number of nitrogens with zero attached hydrogens (tertiary/aromatic N) is 2. The number of likely N-dealkylation sites (tertiary alicyclic amines) is 1. The summed E-state index contributed by atoms with van der Waals surface area (Å²) < 4.78 is 54.5. The molecule has 3 aromatic rings. The Hall–Kier alpha value is -4.28. The van der Waals surface area contributed by atoms with Crippen LogP contribution >= 0.6 is 0 Å². The molecule has 0 bridgehead atoms. The Balaban J connectivity index is 1.20. The van der Waals surface area contributed by atoms with Crippen molar-refractivity contribution in [3.05, 3.63) is 78.0 Å². The number of carboxylic acid groups (broad SMARTS) is 1. The average molecular weight is 516 g/mol. The van der Waals surface area contributed by atoms with Gasteiger partial charge in [-0.2, -0.15) is 13.2 Å². The number of carbonyl (C=O) groups is 2. The highest BCUT2D eigenvalue weighted by Crippen LogP contribution is 2.30. The van der Waals surface area contributed by atoms with Gasteiger partial charge in [0.25, 0.3) is 0 Å². The second-order valence-electron chi connectivity index (χ2n) is 8.40. The highest BCUT2D eigenvalue weighted by Gasteiger charge is 2.30. The molecule has 2 aromatic carbocycles. The van der Waals surface area contributed by atoms with E-state index < -0.39 is 23.8 Å². The van der Waals surface area contributed by atoms with Crippen molar-refractivity contribution in [3.8, 4) is 23.1 Å². The molecule has 37 heavy (non-hydrogen) atoms. The van der Waals surface area contributed by atoms with Gasteiger partial charge in [-0.3, -0.25) is 0 Å². The van der Waals surface area contributed by atoms with Crippen LogP contribution in [0, 0.1) is 5.92 Å². The molecule has 1 amide bonds. The molecule has 8 nitrogen and oxygen atoms in total. The molecule has 0 aliphatic carbocycles. The third kappa shape index (κ3) is 7.12. The molecule has 1 N–H and O–H groups in total. The molecule has 0 spiro atoms. The smallest absolute Gasteiger partial charge is 0.417 e. The Morgan fingerprint density at radius 2 is 1.54 bits per heavy atom. The molecular weight excluding hydrogens is 493 g/mol. The van der Waals surface area contributed by atoms with Crippen LogP contribution in [-0.2, 0) is 6.18 Å². The maximum atomic E-state index is 12.6. The Morgan fingerprint density at radius 3 is 2.11 bits per heavy atom. The second kappa shape index (κ2) is 11.2. The number of carboxylic acids is 1. The molecule has 2 heterocycles. The van der Waals surface area contributed by atoms with Gasteiger partial charge in [0, 0.05) is 25.4 Å². The standard InChI is InChI=1S/C26H23F3N2O6/c27-26(28,29)19-3-10-23(30-15-19)36-21-6-8-22(9-7-21)37-25(34)31-13-11-17(12-14-31)16-35-20-4-1-18(2-5-20)24(32)33/h1-10,15,17H,11-14,16H2,(H,32,33). The van der Waals surface area contributed by atoms with Gasteiger partial charge in [-0.15, -0.1) is 0 Å². The Bertz CT molecular complexity index is 1210. The minimum atomic E-state index is -4.47. The molecule has 0 unspecified atom stereocenters. The van der Waals surface area contributed by atoms with Crippen LogP contribution in [-0.4, -0.2) is 46.7 Å². The molecule has 1 fully saturated rings. The van der Waals surface area contributed by atoms with Crippen molar-refractivity contribution < 1.29 is 42.1 Å². The Labute approximate surface area is 210 Å². The zero-order valence-corrected chi connectivity index (χ0v) is 19.5. The number of ether oxygens (including phenoxy) is 3. The van der Waals surface area contributed by atoms with Crippen LogP contribution in [0.15, 0.2) is 66.9 Å². The van der Waals surface area contributed by atoms with Crippen molar-refractivity contribution in [2.45, 2.75) is 19.0 Å². The summed E-state index contributed by atoms with van der Waals surface area (Å²) in [5.74, 6) is 0.470. The summed E-state index contributed by atoms with van der Waals surface area (Å²) in [5, 5.41) is 8.95. The molecule has 0 saturated carbocycles. The number of carbonyl (C=O) groups excluding carboxylic acids is 1. The number of piperidine rings is 1. The fraction of sp³-hybridized carbons (Fsp3) is 0.269. The lowest BCUT2D eigenvalue weighted by molar-refractivity contribution is -0.137. The Kier molecular flexibility index (Phi) is 7.80. The first-order valence-electron chi connectivity index (χ1n) is 11.4. The summed E-state index contributed by atoms with van der Waals surface area (Å²) in [5.41, 5.74) is -0.677. The number of halogens is 3. The van der Waals surface area contributed by atoms with Gasteiger partial charge >= 0.3 is 18.2 Å². The number of pyridine rings is 1. The fourth-order valence-corrected chi connectivity index (χ4v) is 3.66. The highest BCUT2D eigenvalue weighted by atomic mass is 19.4. The average Bonchev–Trinajstić information content (AvgIpc) is 2.89. The van der Waals surface area contributed by atoms with E-state index in [2.05, 4.69) is 4.98 Å². The van der Waals surface area contributed by atoms with Crippen molar-refractivity contribution in [2.24, 2.45) is 5.92 Å². The van der Waals surface area contributed by atoms with Crippen molar-refractivity contribution in [1.82, 2.24) is 9.88 Å². The first kappa shape index (κ1) is 25.8. The maximum Gasteiger partial charge on any atom is 0.417 e. The molecule has 194 valence electrons. The lowest BCUT2D eigenvalue weighted by atomic mass is 9.98. The second-order valence-corrected chi connectivity index (χ2v) is 8.40. The lowest BCUT2D eigenvalue weighted by Crippen LogP contribution is -2.41. The number of amides is 1. The molecule has 0 radical (unpaired) electrons. The van der Waals surface area contributed by atoms with E-state index in [1.807, 2.05) is 0 Å². The van der Waals surface area contributed by atoms with Crippen molar-refractivity contribution >= 4 is 12.1 Å². The number of aromatic carboxylic acids is 1. The first-order chi connectivity index (χ1) is 17.7. The molecular formula is C26H23F3N2O6. The zero-order valence-electron chi connectivity index (χ0n) is 19.5. The number of hydrogen-bond donors (Lipinski definition) is 1. The van der Waals surface area contributed by atoms with Gasteiger partial charge in [0.05, 0.1) is 17.7 Å². The first-order valence-corrected chi connectivity index (χ1v) is 11.4. The number of aromatic nitrogens is 1. The minimum Gasteiger partial charge on any atom is -0.493 e. The van der Waals surface area contributed by atoms with E-state index in [-0.39, 0.29) is 17.4 Å². The molecule has 0 atom stereocenters. The van der Waals surface area contributed by atoms with Gasteiger partial charge in [0.1, 0.15) is 17.2 Å². The van der Waals surface area contributed by atoms with Crippen LogP contribution in [0.2, 0.25) is 0 Å². The largest absolute Gasteiger partial charge is 0.493 e. The van der Waals surface area contributed by atoms with Gasteiger partial charge in [-0.1, -0.05) is 0 Å². The molecule has 4 rings (SSSR count). The molecule has 1 aliphatic heterocycles. The summed E-state index contributed by atoms with van der Waals surface area (Å²) in [7, 11) is 0. The third-order valence-corrected chi connectivity index (χ3v) is 5.77. The van der Waals surface area contributed by atoms with Crippen molar-refractivity contribution in [1.29, 1.82) is 0 Å². The van der Waals surface area contributed by atoms with Crippen LogP contribution < -0.4 is 14.2 Å². The molecule has 1 aliphatic rings. The van der Waals surface area contributed by atoms with E-state index in [1.165, 1.54) is 36.4 Å². The molecule has 1 aromatic heterocycles. The summed E-state index contributed by atoms with van der Waals surface area (Å²) in [6.07, 6.45) is -2.80. The zero-order chi connectivity index (χ0) is 26.4. The van der Waals surface area contributed by atoms with E-state index in [9.17, 15) is 22.8 Å². The van der Waals surface area contributed by atoms with Gasteiger partial charge in [0.15, 0.2) is 0 Å². The van der Waals surface area contributed by atoms with E-state index in [0.29, 0.717) is 43.1 Å². The summed E-state index contributed by atoms with van der Waals surface area (Å²) in [6, 6.07) is 14.3. The predicted molar refractivity (Wildman–Crippen MR) is 125 cm³/mol. The van der Waals surface area contributed by atoms with E-state index in [0.717, 1.165) is 25.0 Å². The van der Waals surface area contributed by atoms with E-state index in [1.54, 1.807) is 17.0 Å². The maximum absolute atomic E-state index is 12.6. The van der Waals surface area contributed by atoms with Crippen molar-refractivity contribution in [3.63, 3.8) is 0 Å². The SMILES string of the molecule is O=C(O)c1ccc(OCC2CCN(C(=O)Oc3ccc(Oc4ccc(C(F)(F)F)cn4)cc3)CC2)cc1. The fourth-order valence-electron chi connectivity index (χ4n) is 3.66. The number of alkyl halides is 3. The van der Waals surface area contributed by atoms with Crippen molar-refractivity contribution in [2.75, 3.05) is 19.7 Å². The van der Waals surface area contributed by atoms with Gasteiger partial charge < -0.3 is 24.2 Å². The lowest BCUT2D eigenvalue weighted by Gasteiger charge is -2.31. The number of hydrogen-bond acceptors (Lipinski definition) is 6. The van der Waals surface area contributed by atoms with Crippen LogP contribution in [0.3, 0.4) is 0 Å². The van der Waals surface area contributed by atoms with Gasteiger partial charge in [0.2, 0.25) is 5.88 Å². The quantitative estimate of drug-likeness (QED) is 0.419. The van der Waals surface area contributed by atoms with Gasteiger partial charge in [-0.05, 0) is 73.4 Å². The van der Waals surface area contributed by atoms with Crippen LogP contribution in [0.25, 0.3) is 0 Å². The van der Waals surface area contributed by atoms with E-state index >= 15 is 0 Å². The number of rotatable bonds is 7. The molecule has 11 heteroatoms. The monoisotopic (exact) mass is 516 g/mol. The van der Waals surface area contributed by atoms with Crippen LogP contribution in [0.1, 0.15) is 28.8 Å². The topological polar surface area (TPSA) is 98.2 Å². The summed E-state index contributed by atoms with van der Waals surface area (Å²) in [4.78, 5) is 28.7. The van der Waals surface area contributed by atoms with E-state index in [4.69, 9.17) is 19.3 Å². The normalized spacial score (nSPS) is 14.2. The summed E-state index contributed by atoms with van der Waals surface area (Å²) in [6.45, 7) is 1.47. The Morgan fingerprint density at radius 1 is 0.919 bits per heavy atom.